The van der Waals surface area contributed by atoms with Gasteiger partial charge in [-0.25, -0.2) is 0 Å². The number of aryl methyl sites for hydroxylation is 1. The fourth-order valence-corrected chi connectivity index (χ4v) is 4.58. The lowest BCUT2D eigenvalue weighted by atomic mass is 10.1. The van der Waals surface area contributed by atoms with Crippen molar-refractivity contribution in [2.45, 2.75) is 39.2 Å². The van der Waals surface area contributed by atoms with Gasteiger partial charge in [0.25, 0.3) is 0 Å². The molecule has 0 spiro atoms. The maximum absolute atomic E-state index is 5.76. The zero-order valence-electron chi connectivity index (χ0n) is 15.7. The molecule has 1 saturated heterocycles. The summed E-state index contributed by atoms with van der Waals surface area (Å²) in [6.07, 6.45) is 5.39. The molecule has 2 heterocycles. The van der Waals surface area contributed by atoms with Gasteiger partial charge in [-0.15, -0.1) is 11.3 Å². The number of thiophene rings is 1. The van der Waals surface area contributed by atoms with Gasteiger partial charge >= 0.3 is 0 Å². The molecule has 1 aromatic carbocycles. The summed E-state index contributed by atoms with van der Waals surface area (Å²) in [5.74, 6) is 0. The Morgan fingerprint density at radius 1 is 1.19 bits per heavy atom. The molecule has 0 bridgehead atoms. The topological polar surface area (TPSA) is 19.7 Å². The Labute approximate surface area is 167 Å². The molecule has 1 aliphatic rings. The van der Waals surface area contributed by atoms with E-state index in [1.807, 2.05) is 0 Å². The van der Waals surface area contributed by atoms with Crippen molar-refractivity contribution in [2.24, 2.45) is 0 Å². The van der Waals surface area contributed by atoms with Gasteiger partial charge in [0.15, 0.2) is 5.11 Å². The average Bonchev–Trinajstić information content (AvgIpc) is 3.15. The van der Waals surface area contributed by atoms with Crippen molar-refractivity contribution in [1.29, 1.82) is 0 Å². The first-order valence-electron chi connectivity index (χ1n) is 9.69. The maximum atomic E-state index is 5.76. The predicted octanol–water partition coefficient (Wildman–Crippen LogP) is 3.71. The molecule has 3 rings (SSSR count). The fourth-order valence-electron chi connectivity index (χ4n) is 3.59. The van der Waals surface area contributed by atoms with Gasteiger partial charge < -0.3 is 15.1 Å². The third-order valence-electron chi connectivity index (χ3n) is 5.00. The summed E-state index contributed by atoms with van der Waals surface area (Å²) in [4.78, 5) is 5.46. The first-order chi connectivity index (χ1) is 12.7. The number of hydrogen-bond acceptors (Lipinski definition) is 2. The Hall–Kier alpha value is -1.43. The molecule has 140 valence electrons. The number of rotatable bonds is 7. The van der Waals surface area contributed by atoms with Gasteiger partial charge in [-0.2, -0.15) is 0 Å². The molecule has 1 fully saturated rings. The Balaban J connectivity index is 1.57. The Kier molecular flexibility index (Phi) is 7.47. The van der Waals surface area contributed by atoms with E-state index < -0.39 is 0 Å². The number of nitrogens with zero attached hydrogens (tertiary/aromatic N) is 1. The second-order valence-electron chi connectivity index (χ2n) is 7.21. The lowest BCUT2D eigenvalue weighted by molar-refractivity contribution is -0.905. The highest BCUT2D eigenvalue weighted by Gasteiger charge is 2.16. The number of likely N-dealkylation sites (tertiary alicyclic amines) is 1. The molecule has 0 amide bonds. The number of hydrogen-bond donors (Lipinski definition) is 2. The van der Waals surface area contributed by atoms with Crippen LogP contribution in [0.4, 0.5) is 5.69 Å². The second-order valence-corrected chi connectivity index (χ2v) is 8.63. The molecule has 0 radical (unpaired) electrons. The van der Waals surface area contributed by atoms with E-state index in [4.69, 9.17) is 12.2 Å². The third-order valence-corrected chi connectivity index (χ3v) is 6.22. The van der Waals surface area contributed by atoms with Crippen molar-refractivity contribution in [2.75, 3.05) is 31.5 Å². The predicted molar refractivity (Wildman–Crippen MR) is 116 cm³/mol. The van der Waals surface area contributed by atoms with E-state index in [2.05, 4.69) is 58.9 Å². The number of quaternary nitrogens is 1. The van der Waals surface area contributed by atoms with Crippen molar-refractivity contribution >= 4 is 34.4 Å². The summed E-state index contributed by atoms with van der Waals surface area (Å²) in [6, 6.07) is 12.7. The summed E-state index contributed by atoms with van der Waals surface area (Å²) < 4.78 is 0. The van der Waals surface area contributed by atoms with E-state index in [-0.39, 0.29) is 0 Å². The molecular weight excluding hydrogens is 358 g/mol. The number of anilines is 1. The minimum atomic E-state index is 0.831. The van der Waals surface area contributed by atoms with E-state index >= 15 is 0 Å². The Morgan fingerprint density at radius 3 is 2.77 bits per heavy atom. The summed E-state index contributed by atoms with van der Waals surface area (Å²) in [6.45, 7) is 7.96. The van der Waals surface area contributed by atoms with E-state index in [9.17, 15) is 0 Å². The minimum absolute atomic E-state index is 0.831. The number of nitrogens with one attached hydrogen (secondary N) is 2. The molecule has 2 N–H and O–H groups in total. The van der Waals surface area contributed by atoms with Gasteiger partial charge in [-0.05, 0) is 67.5 Å². The van der Waals surface area contributed by atoms with Crippen molar-refractivity contribution in [3.05, 3.63) is 52.2 Å². The SMILES string of the molecule is Cc1cccc(NC(=S)N(CCC[NH+]2CCCCC2)Cc2cccs2)c1. The first kappa shape index (κ1) is 19.3. The molecule has 0 aliphatic carbocycles. The quantitative estimate of drug-likeness (QED) is 0.706. The van der Waals surface area contributed by atoms with Crippen LogP contribution in [0.15, 0.2) is 41.8 Å². The molecular formula is C21H30N3S2+. The van der Waals surface area contributed by atoms with Gasteiger partial charge in [-0.1, -0.05) is 18.2 Å². The van der Waals surface area contributed by atoms with Crippen LogP contribution in [0.5, 0.6) is 0 Å². The molecule has 3 nitrogen and oxygen atoms in total. The minimum Gasteiger partial charge on any atom is -0.344 e. The number of piperidine rings is 1. The summed E-state index contributed by atoms with van der Waals surface area (Å²) >= 11 is 7.56. The van der Waals surface area contributed by atoms with Crippen LogP contribution in [0.3, 0.4) is 0 Å². The van der Waals surface area contributed by atoms with Gasteiger partial charge in [-0.3, -0.25) is 0 Å². The van der Waals surface area contributed by atoms with Crippen molar-refractivity contribution in [1.82, 2.24) is 4.90 Å². The van der Waals surface area contributed by atoms with Gasteiger partial charge in [0.1, 0.15) is 0 Å². The summed E-state index contributed by atoms with van der Waals surface area (Å²) in [5.41, 5.74) is 2.32. The van der Waals surface area contributed by atoms with E-state index in [1.54, 1.807) is 16.2 Å². The third kappa shape index (κ3) is 6.08. The van der Waals surface area contributed by atoms with E-state index in [1.165, 1.54) is 55.8 Å². The average molecular weight is 389 g/mol. The Morgan fingerprint density at radius 2 is 2.04 bits per heavy atom. The summed E-state index contributed by atoms with van der Waals surface area (Å²) in [7, 11) is 0. The molecule has 1 aliphatic heterocycles. The fraction of sp³-hybridized carbons (Fsp3) is 0.476. The smallest absolute Gasteiger partial charge is 0.173 e. The van der Waals surface area contributed by atoms with Crippen LogP contribution in [-0.4, -0.2) is 36.2 Å². The molecule has 0 saturated carbocycles. The maximum Gasteiger partial charge on any atom is 0.173 e. The lowest BCUT2D eigenvalue weighted by Crippen LogP contribution is -3.12. The van der Waals surface area contributed by atoms with Crippen molar-refractivity contribution < 1.29 is 4.90 Å². The summed E-state index contributed by atoms with van der Waals surface area (Å²) in [5, 5.41) is 6.41. The molecule has 2 aromatic rings. The van der Waals surface area contributed by atoms with Crippen LogP contribution in [0, 0.1) is 6.92 Å². The molecule has 0 atom stereocenters. The van der Waals surface area contributed by atoms with Crippen LogP contribution in [-0.2, 0) is 6.54 Å². The van der Waals surface area contributed by atoms with Gasteiger partial charge in [0.2, 0.25) is 0 Å². The second kappa shape index (κ2) is 10.0. The monoisotopic (exact) mass is 388 g/mol. The van der Waals surface area contributed by atoms with Crippen LogP contribution in [0.1, 0.15) is 36.1 Å². The number of thiocarbonyl (C=S) groups is 1. The molecule has 5 heteroatoms. The standard InChI is InChI=1S/C21H29N3S2/c1-18-8-5-9-19(16-18)22-21(25)24(17-20-10-6-15-26-20)14-7-13-23-11-3-2-4-12-23/h5-6,8-10,15-16H,2-4,7,11-14,17H2,1H3,(H,22,25)/p+1. The first-order valence-corrected chi connectivity index (χ1v) is 11.0. The molecule has 1 aromatic heterocycles. The zero-order chi connectivity index (χ0) is 18.2. The highest BCUT2D eigenvalue weighted by Crippen LogP contribution is 2.15. The van der Waals surface area contributed by atoms with Crippen LogP contribution < -0.4 is 10.2 Å². The van der Waals surface area contributed by atoms with Crippen LogP contribution >= 0.6 is 23.6 Å². The highest BCUT2D eigenvalue weighted by atomic mass is 32.1. The lowest BCUT2D eigenvalue weighted by Gasteiger charge is -2.28. The normalized spacial score (nSPS) is 15.0. The highest BCUT2D eigenvalue weighted by molar-refractivity contribution is 7.80. The molecule has 0 unspecified atom stereocenters. The van der Waals surface area contributed by atoms with E-state index in [0.29, 0.717) is 0 Å². The van der Waals surface area contributed by atoms with Crippen molar-refractivity contribution in [3.63, 3.8) is 0 Å². The number of benzene rings is 1. The largest absolute Gasteiger partial charge is 0.344 e. The Bertz CT molecular complexity index is 678. The van der Waals surface area contributed by atoms with Gasteiger partial charge in [0, 0.05) is 23.5 Å². The van der Waals surface area contributed by atoms with Crippen LogP contribution in [0.25, 0.3) is 0 Å². The zero-order valence-corrected chi connectivity index (χ0v) is 17.3. The van der Waals surface area contributed by atoms with Crippen LogP contribution in [0.2, 0.25) is 0 Å². The van der Waals surface area contributed by atoms with Gasteiger partial charge in [0.05, 0.1) is 26.2 Å². The molecule has 26 heavy (non-hydrogen) atoms. The van der Waals surface area contributed by atoms with E-state index in [0.717, 1.165) is 23.9 Å². The van der Waals surface area contributed by atoms with Crippen molar-refractivity contribution in [3.8, 4) is 0 Å².